The highest BCUT2D eigenvalue weighted by atomic mass is 16.5. The summed E-state index contributed by atoms with van der Waals surface area (Å²) < 4.78 is 5.67. The number of hydrogen-bond acceptors (Lipinski definition) is 3. The minimum absolute atomic E-state index is 0.103. The summed E-state index contributed by atoms with van der Waals surface area (Å²) in [5, 5.41) is 11.6. The Hall–Kier alpha value is -2.49. The molecule has 2 N–H and O–H groups in total. The van der Waals surface area contributed by atoms with Crippen LogP contribution in [0.2, 0.25) is 0 Å². The van der Waals surface area contributed by atoms with Crippen molar-refractivity contribution in [2.24, 2.45) is 0 Å². The Balaban J connectivity index is 1.81. The lowest BCUT2D eigenvalue weighted by molar-refractivity contribution is -0.136. The Morgan fingerprint density at radius 1 is 1.05 bits per heavy atom. The zero-order valence-corrected chi connectivity index (χ0v) is 11.1. The first-order valence-electron chi connectivity index (χ1n) is 6.46. The molecule has 2 rings (SSSR count). The topological polar surface area (TPSA) is 58.6 Å². The Bertz CT molecular complexity index is 537. The Labute approximate surface area is 118 Å². The van der Waals surface area contributed by atoms with Crippen LogP contribution in [0.15, 0.2) is 54.6 Å². The van der Waals surface area contributed by atoms with E-state index >= 15 is 0 Å². The van der Waals surface area contributed by atoms with E-state index in [4.69, 9.17) is 9.84 Å². The van der Waals surface area contributed by atoms with E-state index in [1.54, 1.807) is 0 Å². The second kappa shape index (κ2) is 7.19. The molecule has 2 aromatic rings. The molecular formula is C16H17NO3. The van der Waals surface area contributed by atoms with E-state index < -0.39 is 5.97 Å². The molecule has 0 radical (unpaired) electrons. The first-order valence-corrected chi connectivity index (χ1v) is 6.46. The molecule has 4 nitrogen and oxygen atoms in total. The van der Waals surface area contributed by atoms with Gasteiger partial charge in [0, 0.05) is 12.2 Å². The van der Waals surface area contributed by atoms with Crippen LogP contribution in [0.25, 0.3) is 0 Å². The summed E-state index contributed by atoms with van der Waals surface area (Å²) in [6.07, 6.45) is 0.103. The molecule has 0 heterocycles. The molecular weight excluding hydrogens is 254 g/mol. The number of rotatable bonds is 7. The average molecular weight is 271 g/mol. The number of carboxylic acids is 1. The van der Waals surface area contributed by atoms with E-state index in [1.165, 1.54) is 0 Å². The van der Waals surface area contributed by atoms with Crippen molar-refractivity contribution in [3.8, 4) is 5.75 Å². The van der Waals surface area contributed by atoms with Crippen molar-refractivity contribution >= 4 is 11.7 Å². The van der Waals surface area contributed by atoms with Gasteiger partial charge >= 0.3 is 5.97 Å². The maximum atomic E-state index is 10.4. The molecule has 0 aliphatic heterocycles. The van der Waals surface area contributed by atoms with Crippen LogP contribution in [0.1, 0.15) is 12.0 Å². The number of nitrogens with one attached hydrogen (secondary N) is 1. The zero-order chi connectivity index (χ0) is 14.2. The van der Waals surface area contributed by atoms with Crippen LogP contribution in [0.4, 0.5) is 5.69 Å². The lowest BCUT2D eigenvalue weighted by Crippen LogP contribution is -2.07. The third-order valence-electron chi connectivity index (χ3n) is 2.77. The van der Waals surface area contributed by atoms with E-state index in [0.717, 1.165) is 17.0 Å². The van der Waals surface area contributed by atoms with Gasteiger partial charge in [-0.15, -0.1) is 0 Å². The molecule has 0 aliphatic carbocycles. The van der Waals surface area contributed by atoms with Crippen LogP contribution < -0.4 is 10.1 Å². The molecule has 0 spiro atoms. The number of ether oxygens (including phenoxy) is 1. The monoisotopic (exact) mass is 271 g/mol. The summed E-state index contributed by atoms with van der Waals surface area (Å²) in [5.41, 5.74) is 2.01. The molecule has 0 atom stereocenters. The summed E-state index contributed by atoms with van der Waals surface area (Å²) >= 11 is 0. The number of anilines is 1. The molecule has 0 bridgehead atoms. The van der Waals surface area contributed by atoms with Gasteiger partial charge in [-0.25, -0.2) is 0 Å². The molecule has 0 saturated heterocycles. The normalized spacial score (nSPS) is 10.0. The van der Waals surface area contributed by atoms with Crippen molar-refractivity contribution in [2.45, 2.75) is 13.0 Å². The van der Waals surface area contributed by atoms with Crippen molar-refractivity contribution < 1.29 is 14.6 Å². The quantitative estimate of drug-likeness (QED) is 0.812. The predicted octanol–water partition coefficient (Wildman–Crippen LogP) is 3.15. The van der Waals surface area contributed by atoms with Crippen molar-refractivity contribution in [1.29, 1.82) is 0 Å². The maximum absolute atomic E-state index is 10.4. The largest absolute Gasteiger partial charge is 0.489 e. The van der Waals surface area contributed by atoms with Crippen LogP contribution in [0.5, 0.6) is 5.75 Å². The number of benzene rings is 2. The van der Waals surface area contributed by atoms with Crippen molar-refractivity contribution in [3.05, 3.63) is 60.2 Å². The third kappa shape index (κ3) is 4.65. The highest BCUT2D eigenvalue weighted by molar-refractivity contribution is 5.67. The van der Waals surface area contributed by atoms with E-state index in [0.29, 0.717) is 13.2 Å². The first-order chi connectivity index (χ1) is 9.74. The standard InChI is InChI=1S/C16H17NO3/c18-16(19)10-11-17-14-6-8-15(9-7-14)20-12-13-4-2-1-3-5-13/h1-9,17H,10-12H2,(H,18,19). The summed E-state index contributed by atoms with van der Waals surface area (Å²) in [7, 11) is 0. The number of carbonyl (C=O) groups is 1. The fraction of sp³-hybridized carbons (Fsp3) is 0.188. The average Bonchev–Trinajstić information content (AvgIpc) is 2.47. The molecule has 4 heteroatoms. The zero-order valence-electron chi connectivity index (χ0n) is 11.1. The highest BCUT2D eigenvalue weighted by Gasteiger charge is 1.98. The van der Waals surface area contributed by atoms with Gasteiger partial charge in [-0.1, -0.05) is 30.3 Å². The van der Waals surface area contributed by atoms with Crippen LogP contribution in [-0.2, 0) is 11.4 Å². The first kappa shape index (κ1) is 13.9. The highest BCUT2D eigenvalue weighted by Crippen LogP contribution is 2.17. The van der Waals surface area contributed by atoms with E-state index in [2.05, 4.69) is 5.32 Å². The van der Waals surface area contributed by atoms with Crippen molar-refractivity contribution in [3.63, 3.8) is 0 Å². The summed E-state index contributed by atoms with van der Waals surface area (Å²) in [4.78, 5) is 10.4. The van der Waals surface area contributed by atoms with E-state index in [1.807, 2.05) is 54.6 Å². The molecule has 0 aliphatic rings. The molecule has 0 aromatic heterocycles. The number of hydrogen-bond donors (Lipinski definition) is 2. The predicted molar refractivity (Wildman–Crippen MR) is 78.0 cm³/mol. The molecule has 0 saturated carbocycles. The fourth-order valence-corrected chi connectivity index (χ4v) is 1.72. The summed E-state index contributed by atoms with van der Waals surface area (Å²) in [6, 6.07) is 17.5. The molecule has 104 valence electrons. The van der Waals surface area contributed by atoms with Gasteiger partial charge in [0.1, 0.15) is 12.4 Å². The van der Waals surface area contributed by atoms with Gasteiger partial charge in [0.15, 0.2) is 0 Å². The van der Waals surface area contributed by atoms with E-state index in [9.17, 15) is 4.79 Å². The van der Waals surface area contributed by atoms with Crippen LogP contribution >= 0.6 is 0 Å². The summed E-state index contributed by atoms with van der Waals surface area (Å²) in [6.45, 7) is 0.951. The van der Waals surface area contributed by atoms with Gasteiger partial charge in [-0.3, -0.25) is 4.79 Å². The summed E-state index contributed by atoms with van der Waals surface area (Å²) in [5.74, 6) is -0.0158. The van der Waals surface area contributed by atoms with Gasteiger partial charge in [0.2, 0.25) is 0 Å². The number of carboxylic acid groups (broad SMARTS) is 1. The molecule has 20 heavy (non-hydrogen) atoms. The third-order valence-corrected chi connectivity index (χ3v) is 2.77. The lowest BCUT2D eigenvalue weighted by atomic mass is 10.2. The fourth-order valence-electron chi connectivity index (χ4n) is 1.72. The number of aliphatic carboxylic acids is 1. The Morgan fingerprint density at radius 2 is 1.75 bits per heavy atom. The van der Waals surface area contributed by atoms with Crippen LogP contribution in [0.3, 0.4) is 0 Å². The minimum atomic E-state index is -0.805. The second-order valence-corrected chi connectivity index (χ2v) is 4.37. The Kier molecular flexibility index (Phi) is 5.00. The Morgan fingerprint density at radius 3 is 2.40 bits per heavy atom. The second-order valence-electron chi connectivity index (χ2n) is 4.37. The van der Waals surface area contributed by atoms with Crippen LogP contribution in [-0.4, -0.2) is 17.6 Å². The minimum Gasteiger partial charge on any atom is -0.489 e. The van der Waals surface area contributed by atoms with Crippen molar-refractivity contribution in [2.75, 3.05) is 11.9 Å². The maximum Gasteiger partial charge on any atom is 0.305 e. The van der Waals surface area contributed by atoms with Gasteiger partial charge in [-0.2, -0.15) is 0 Å². The van der Waals surface area contributed by atoms with E-state index in [-0.39, 0.29) is 6.42 Å². The molecule has 0 amide bonds. The van der Waals surface area contributed by atoms with Gasteiger partial charge < -0.3 is 15.2 Å². The lowest BCUT2D eigenvalue weighted by Gasteiger charge is -2.08. The smallest absolute Gasteiger partial charge is 0.305 e. The van der Waals surface area contributed by atoms with Gasteiger partial charge in [0.05, 0.1) is 6.42 Å². The molecule has 0 fully saturated rings. The van der Waals surface area contributed by atoms with Gasteiger partial charge in [0.25, 0.3) is 0 Å². The van der Waals surface area contributed by atoms with Gasteiger partial charge in [-0.05, 0) is 29.8 Å². The SMILES string of the molecule is O=C(O)CCNc1ccc(OCc2ccccc2)cc1. The van der Waals surface area contributed by atoms with Crippen molar-refractivity contribution in [1.82, 2.24) is 0 Å². The van der Waals surface area contributed by atoms with Crippen LogP contribution in [0, 0.1) is 0 Å². The molecule has 2 aromatic carbocycles. The molecule has 0 unspecified atom stereocenters.